The summed E-state index contributed by atoms with van der Waals surface area (Å²) in [5.74, 6) is -2.59. The highest BCUT2D eigenvalue weighted by molar-refractivity contribution is 7.89. The molecule has 1 fully saturated rings. The van der Waals surface area contributed by atoms with E-state index in [1.807, 2.05) is 0 Å². The maximum Gasteiger partial charge on any atom is 0.246 e. The number of benzene rings is 1. The van der Waals surface area contributed by atoms with Crippen LogP contribution in [0.4, 0.5) is 8.78 Å². The molecule has 1 aromatic carbocycles. The van der Waals surface area contributed by atoms with Crippen molar-refractivity contribution in [2.24, 2.45) is 5.73 Å². The first-order valence-corrected chi connectivity index (χ1v) is 7.55. The molecule has 1 aromatic rings. The molecule has 5 nitrogen and oxygen atoms in total. The zero-order valence-corrected chi connectivity index (χ0v) is 11.8. The number of nitrogens with two attached hydrogens (primary N) is 1. The molecule has 0 aromatic heterocycles. The molecular formula is C12H16F2N2O3S. The second-order valence-electron chi connectivity index (χ2n) is 4.60. The Hall–Kier alpha value is -1.09. The van der Waals surface area contributed by atoms with Crippen molar-refractivity contribution in [3.05, 3.63) is 29.3 Å². The molecule has 1 aliphatic heterocycles. The number of hydrogen-bond donors (Lipinski definition) is 1. The Morgan fingerprint density at radius 1 is 1.45 bits per heavy atom. The van der Waals surface area contributed by atoms with E-state index in [4.69, 9.17) is 10.5 Å². The Morgan fingerprint density at radius 3 is 2.70 bits per heavy atom. The Kier molecular flexibility index (Phi) is 4.38. The molecule has 0 aliphatic carbocycles. The fourth-order valence-corrected chi connectivity index (χ4v) is 3.78. The van der Waals surface area contributed by atoms with Gasteiger partial charge in [0.1, 0.15) is 4.90 Å². The van der Waals surface area contributed by atoms with Gasteiger partial charge in [-0.25, -0.2) is 17.2 Å². The van der Waals surface area contributed by atoms with Crippen LogP contribution in [0.25, 0.3) is 0 Å². The fourth-order valence-electron chi connectivity index (χ4n) is 2.17. The number of sulfonamides is 1. The van der Waals surface area contributed by atoms with Gasteiger partial charge in [-0.2, -0.15) is 4.31 Å². The SMILES string of the molecule is COC1CCN(S(=O)(=O)c2cc(CN)cc(F)c2F)C1. The Bertz CT molecular complexity index is 607. The standard InChI is InChI=1S/C12H16F2N2O3S/c1-19-9-2-3-16(7-9)20(17,18)11-5-8(6-15)4-10(13)12(11)14/h4-5,9H,2-3,6-7,15H2,1H3. The molecule has 0 amide bonds. The van der Waals surface area contributed by atoms with Crippen molar-refractivity contribution < 1.29 is 21.9 Å². The molecular weight excluding hydrogens is 290 g/mol. The van der Waals surface area contributed by atoms with E-state index in [1.54, 1.807) is 0 Å². The maximum atomic E-state index is 13.8. The van der Waals surface area contributed by atoms with Gasteiger partial charge >= 0.3 is 0 Å². The third-order valence-corrected chi connectivity index (χ3v) is 5.21. The summed E-state index contributed by atoms with van der Waals surface area (Å²) in [5, 5.41) is 0. The van der Waals surface area contributed by atoms with Crippen LogP contribution < -0.4 is 5.73 Å². The lowest BCUT2D eigenvalue weighted by Crippen LogP contribution is -2.31. The molecule has 1 atom stereocenters. The predicted molar refractivity (Wildman–Crippen MR) is 68.4 cm³/mol. The summed E-state index contributed by atoms with van der Waals surface area (Å²) >= 11 is 0. The van der Waals surface area contributed by atoms with Crippen molar-refractivity contribution in [2.45, 2.75) is 24.0 Å². The molecule has 1 saturated heterocycles. The van der Waals surface area contributed by atoms with Crippen molar-refractivity contribution in [1.29, 1.82) is 0 Å². The highest BCUT2D eigenvalue weighted by Gasteiger charge is 2.35. The van der Waals surface area contributed by atoms with Crippen LogP contribution in [0, 0.1) is 11.6 Å². The molecule has 1 heterocycles. The van der Waals surface area contributed by atoms with Gasteiger partial charge in [0.25, 0.3) is 0 Å². The van der Waals surface area contributed by atoms with Crippen LogP contribution in [0.1, 0.15) is 12.0 Å². The van der Waals surface area contributed by atoms with E-state index in [9.17, 15) is 17.2 Å². The minimum absolute atomic E-state index is 0.0690. The third-order valence-electron chi connectivity index (χ3n) is 3.35. The zero-order chi connectivity index (χ0) is 14.9. The van der Waals surface area contributed by atoms with Crippen molar-refractivity contribution in [3.8, 4) is 0 Å². The van der Waals surface area contributed by atoms with Crippen molar-refractivity contribution in [2.75, 3.05) is 20.2 Å². The molecule has 0 saturated carbocycles. The number of rotatable bonds is 4. The molecule has 20 heavy (non-hydrogen) atoms. The fraction of sp³-hybridized carbons (Fsp3) is 0.500. The number of methoxy groups -OCH3 is 1. The second kappa shape index (κ2) is 5.72. The van der Waals surface area contributed by atoms with E-state index in [-0.39, 0.29) is 31.3 Å². The molecule has 0 bridgehead atoms. The van der Waals surface area contributed by atoms with Crippen molar-refractivity contribution >= 4 is 10.0 Å². The Morgan fingerprint density at radius 2 is 2.15 bits per heavy atom. The summed E-state index contributed by atoms with van der Waals surface area (Å²) in [5.41, 5.74) is 5.59. The average molecular weight is 306 g/mol. The number of halogens is 2. The minimum Gasteiger partial charge on any atom is -0.380 e. The normalized spacial score (nSPS) is 20.5. The van der Waals surface area contributed by atoms with Gasteiger partial charge in [-0.3, -0.25) is 0 Å². The van der Waals surface area contributed by atoms with Gasteiger partial charge < -0.3 is 10.5 Å². The van der Waals surface area contributed by atoms with E-state index in [1.165, 1.54) is 7.11 Å². The highest BCUT2D eigenvalue weighted by atomic mass is 32.2. The summed E-state index contributed by atoms with van der Waals surface area (Å²) in [6.45, 7) is 0.280. The topological polar surface area (TPSA) is 72.6 Å². The summed E-state index contributed by atoms with van der Waals surface area (Å²) in [7, 11) is -2.60. The molecule has 2 rings (SSSR count). The first-order chi connectivity index (χ1) is 9.40. The highest BCUT2D eigenvalue weighted by Crippen LogP contribution is 2.26. The molecule has 2 N–H and O–H groups in total. The van der Waals surface area contributed by atoms with E-state index < -0.39 is 26.6 Å². The largest absolute Gasteiger partial charge is 0.380 e. The number of nitrogens with zero attached hydrogens (tertiary/aromatic N) is 1. The van der Waals surface area contributed by atoms with Crippen LogP contribution in [-0.2, 0) is 21.3 Å². The van der Waals surface area contributed by atoms with Crippen LogP contribution in [0.2, 0.25) is 0 Å². The second-order valence-corrected chi connectivity index (χ2v) is 6.51. The molecule has 112 valence electrons. The van der Waals surface area contributed by atoms with Crippen LogP contribution in [0.3, 0.4) is 0 Å². The van der Waals surface area contributed by atoms with Crippen molar-refractivity contribution in [1.82, 2.24) is 4.31 Å². The third kappa shape index (κ3) is 2.69. The summed E-state index contributed by atoms with van der Waals surface area (Å²) < 4.78 is 58.1. The maximum absolute atomic E-state index is 13.8. The molecule has 0 spiro atoms. The predicted octanol–water partition coefficient (Wildman–Crippen LogP) is 0.833. The van der Waals surface area contributed by atoms with E-state index in [0.29, 0.717) is 6.42 Å². The van der Waals surface area contributed by atoms with Crippen LogP contribution in [-0.4, -0.2) is 39.0 Å². The van der Waals surface area contributed by atoms with Gasteiger partial charge in [0.05, 0.1) is 6.10 Å². The molecule has 8 heteroatoms. The Balaban J connectivity index is 2.42. The van der Waals surface area contributed by atoms with E-state index >= 15 is 0 Å². The van der Waals surface area contributed by atoms with Gasteiger partial charge in [0.15, 0.2) is 11.6 Å². The van der Waals surface area contributed by atoms with Crippen molar-refractivity contribution in [3.63, 3.8) is 0 Å². The van der Waals surface area contributed by atoms with E-state index in [0.717, 1.165) is 16.4 Å². The summed E-state index contributed by atoms with van der Waals surface area (Å²) in [4.78, 5) is -0.672. The van der Waals surface area contributed by atoms with Gasteiger partial charge in [-0.15, -0.1) is 0 Å². The van der Waals surface area contributed by atoms with E-state index in [2.05, 4.69) is 0 Å². The first kappa shape index (κ1) is 15.3. The summed E-state index contributed by atoms with van der Waals surface area (Å²) in [6.07, 6.45) is 0.298. The lowest BCUT2D eigenvalue weighted by atomic mass is 10.2. The number of ether oxygens (including phenoxy) is 1. The van der Waals surface area contributed by atoms with Gasteiger partial charge in [0, 0.05) is 26.7 Å². The summed E-state index contributed by atoms with van der Waals surface area (Å²) in [6, 6.07) is 1.98. The molecule has 1 unspecified atom stereocenters. The Labute approximate surface area is 116 Å². The van der Waals surface area contributed by atoms with Crippen LogP contribution in [0.5, 0.6) is 0 Å². The first-order valence-electron chi connectivity index (χ1n) is 6.11. The average Bonchev–Trinajstić information content (AvgIpc) is 2.91. The zero-order valence-electron chi connectivity index (χ0n) is 11.0. The van der Waals surface area contributed by atoms with Crippen LogP contribution >= 0.6 is 0 Å². The van der Waals surface area contributed by atoms with Crippen LogP contribution in [0.15, 0.2) is 17.0 Å². The van der Waals surface area contributed by atoms with Gasteiger partial charge in [-0.05, 0) is 24.1 Å². The molecule has 0 radical (unpaired) electrons. The smallest absolute Gasteiger partial charge is 0.246 e. The number of hydrogen-bond acceptors (Lipinski definition) is 4. The lowest BCUT2D eigenvalue weighted by molar-refractivity contribution is 0.115. The molecule has 1 aliphatic rings. The van der Waals surface area contributed by atoms with Gasteiger partial charge in [0.2, 0.25) is 10.0 Å². The van der Waals surface area contributed by atoms with Gasteiger partial charge in [-0.1, -0.05) is 0 Å². The lowest BCUT2D eigenvalue weighted by Gasteiger charge is -2.17. The quantitative estimate of drug-likeness (QED) is 0.894. The minimum atomic E-state index is -4.08. The monoisotopic (exact) mass is 306 g/mol.